The fraction of sp³-hybridized carbons (Fsp3) is 0.200. The van der Waals surface area contributed by atoms with E-state index in [4.69, 9.17) is 10.2 Å². The van der Waals surface area contributed by atoms with Gasteiger partial charge in [-0.15, -0.1) is 0 Å². The summed E-state index contributed by atoms with van der Waals surface area (Å²) in [5, 5.41) is 0.860. The van der Waals surface area contributed by atoms with Crippen molar-refractivity contribution in [2.45, 2.75) is 19.9 Å². The zero-order chi connectivity index (χ0) is 14.3. The zero-order valence-corrected chi connectivity index (χ0v) is 11.2. The molecule has 4 nitrogen and oxygen atoms in total. The zero-order valence-electron chi connectivity index (χ0n) is 11.2. The van der Waals surface area contributed by atoms with Crippen molar-refractivity contribution in [3.63, 3.8) is 0 Å². The van der Waals surface area contributed by atoms with Gasteiger partial charge in [0.1, 0.15) is 23.2 Å². The monoisotopic (exact) mass is 271 g/mol. The Morgan fingerprint density at radius 3 is 2.70 bits per heavy atom. The molecule has 2 aromatic heterocycles. The lowest BCUT2D eigenvalue weighted by Crippen LogP contribution is -2.15. The molecule has 0 amide bonds. The summed E-state index contributed by atoms with van der Waals surface area (Å²) in [6, 6.07) is 3.96. The van der Waals surface area contributed by atoms with Crippen molar-refractivity contribution >= 4 is 11.0 Å². The summed E-state index contributed by atoms with van der Waals surface area (Å²) in [5.74, 6) is 0.260. The van der Waals surface area contributed by atoms with Crippen LogP contribution >= 0.6 is 0 Å². The molecule has 0 spiro atoms. The first-order valence-electron chi connectivity index (χ1n) is 6.29. The maximum atomic E-state index is 13.3. The number of aromatic nitrogens is 2. The molecular formula is C15H14FN3O. The predicted molar refractivity (Wildman–Crippen MR) is 73.7 cm³/mol. The molecule has 1 atom stereocenters. The van der Waals surface area contributed by atoms with Crippen LogP contribution in [0.1, 0.15) is 28.8 Å². The second kappa shape index (κ2) is 4.68. The second-order valence-corrected chi connectivity index (χ2v) is 4.74. The van der Waals surface area contributed by atoms with Gasteiger partial charge < -0.3 is 10.2 Å². The summed E-state index contributed by atoms with van der Waals surface area (Å²) in [5.41, 5.74) is 9.04. The Hall–Kier alpha value is -2.27. The van der Waals surface area contributed by atoms with Crippen molar-refractivity contribution < 1.29 is 8.81 Å². The fourth-order valence-corrected chi connectivity index (χ4v) is 2.36. The maximum absolute atomic E-state index is 13.3. The summed E-state index contributed by atoms with van der Waals surface area (Å²) in [4.78, 5) is 8.44. The van der Waals surface area contributed by atoms with Crippen LogP contribution in [0.3, 0.4) is 0 Å². The first-order valence-corrected chi connectivity index (χ1v) is 6.29. The maximum Gasteiger partial charge on any atom is 0.137 e. The Morgan fingerprint density at radius 1 is 1.20 bits per heavy atom. The van der Waals surface area contributed by atoms with E-state index < -0.39 is 6.04 Å². The predicted octanol–water partition coefficient (Wildman–Crippen LogP) is 3.03. The molecule has 2 heterocycles. The molecule has 1 unspecified atom stereocenters. The van der Waals surface area contributed by atoms with E-state index in [0.29, 0.717) is 17.0 Å². The molecule has 0 saturated carbocycles. The van der Waals surface area contributed by atoms with E-state index >= 15 is 0 Å². The van der Waals surface area contributed by atoms with Crippen molar-refractivity contribution in [2.75, 3.05) is 0 Å². The molecule has 3 rings (SSSR count). The quantitative estimate of drug-likeness (QED) is 0.778. The van der Waals surface area contributed by atoms with E-state index in [9.17, 15) is 4.39 Å². The number of benzene rings is 1. The Kier molecular flexibility index (Phi) is 2.99. The van der Waals surface area contributed by atoms with Gasteiger partial charge in [-0.2, -0.15) is 0 Å². The lowest BCUT2D eigenvalue weighted by atomic mass is 10.0. The van der Waals surface area contributed by atoms with E-state index in [1.165, 1.54) is 12.1 Å². The Bertz CT molecular complexity index is 782. The van der Waals surface area contributed by atoms with Gasteiger partial charge in [-0.3, -0.25) is 9.97 Å². The minimum atomic E-state index is -0.515. The molecule has 2 N–H and O–H groups in total. The number of hydrogen-bond acceptors (Lipinski definition) is 4. The lowest BCUT2D eigenvalue weighted by Gasteiger charge is -2.11. The number of rotatable bonds is 2. The minimum absolute atomic E-state index is 0.331. The summed E-state index contributed by atoms with van der Waals surface area (Å²) >= 11 is 0. The third-order valence-corrected chi connectivity index (χ3v) is 3.43. The normalized spacial score (nSPS) is 12.8. The lowest BCUT2D eigenvalue weighted by molar-refractivity contribution is 0.512. The van der Waals surface area contributed by atoms with E-state index in [1.807, 2.05) is 13.8 Å². The van der Waals surface area contributed by atoms with Gasteiger partial charge in [-0.25, -0.2) is 4.39 Å². The molecule has 1 aromatic carbocycles. The molecule has 0 radical (unpaired) electrons. The van der Waals surface area contributed by atoms with Gasteiger partial charge >= 0.3 is 0 Å². The van der Waals surface area contributed by atoms with Crippen LogP contribution in [-0.4, -0.2) is 9.97 Å². The molecule has 0 fully saturated rings. The summed E-state index contributed by atoms with van der Waals surface area (Å²) < 4.78 is 19.0. The highest BCUT2D eigenvalue weighted by atomic mass is 19.1. The van der Waals surface area contributed by atoms with E-state index in [1.54, 1.807) is 18.5 Å². The van der Waals surface area contributed by atoms with Crippen molar-refractivity contribution in [3.05, 3.63) is 59.1 Å². The number of aryl methyl sites for hydroxylation is 2. The third kappa shape index (κ3) is 1.96. The van der Waals surface area contributed by atoms with Crippen LogP contribution in [0, 0.1) is 19.7 Å². The van der Waals surface area contributed by atoms with E-state index in [2.05, 4.69) is 9.97 Å². The topological polar surface area (TPSA) is 64.9 Å². The molecule has 102 valence electrons. The van der Waals surface area contributed by atoms with Gasteiger partial charge in [-0.1, -0.05) is 0 Å². The number of furan rings is 1. The van der Waals surface area contributed by atoms with Crippen LogP contribution in [0.15, 0.2) is 35.0 Å². The van der Waals surface area contributed by atoms with Gasteiger partial charge in [-0.05, 0) is 26.0 Å². The van der Waals surface area contributed by atoms with Gasteiger partial charge in [0.2, 0.25) is 0 Å². The highest BCUT2D eigenvalue weighted by molar-refractivity contribution is 5.82. The molecule has 5 heteroatoms. The average Bonchev–Trinajstić information content (AvgIpc) is 2.75. The van der Waals surface area contributed by atoms with Gasteiger partial charge in [0, 0.05) is 29.4 Å². The number of hydrogen-bond donors (Lipinski definition) is 1. The summed E-state index contributed by atoms with van der Waals surface area (Å²) in [6.07, 6.45) is 3.21. The van der Waals surface area contributed by atoms with Gasteiger partial charge in [0.15, 0.2) is 0 Å². The molecule has 20 heavy (non-hydrogen) atoms. The van der Waals surface area contributed by atoms with Crippen LogP contribution in [0.2, 0.25) is 0 Å². The molecule has 0 aliphatic rings. The first-order chi connectivity index (χ1) is 9.58. The number of nitrogens with zero attached hydrogens (tertiary/aromatic N) is 2. The van der Waals surface area contributed by atoms with Gasteiger partial charge in [0.25, 0.3) is 0 Å². The standard InChI is InChI=1S/C15H14FN3O/c1-8-11-4-3-10(16)7-12(11)20-15(8)13(17)14-9(2)18-5-6-19-14/h3-7,13H,17H2,1-2H3. The van der Waals surface area contributed by atoms with Crippen LogP contribution in [0.25, 0.3) is 11.0 Å². The molecular weight excluding hydrogens is 257 g/mol. The average molecular weight is 271 g/mol. The summed E-state index contributed by atoms with van der Waals surface area (Å²) in [6.45, 7) is 3.75. The Morgan fingerprint density at radius 2 is 1.95 bits per heavy atom. The van der Waals surface area contributed by atoms with Crippen molar-refractivity contribution in [3.8, 4) is 0 Å². The minimum Gasteiger partial charge on any atom is -0.459 e. The molecule has 0 saturated heterocycles. The fourth-order valence-electron chi connectivity index (χ4n) is 2.36. The van der Waals surface area contributed by atoms with Crippen LogP contribution in [-0.2, 0) is 0 Å². The highest BCUT2D eigenvalue weighted by Gasteiger charge is 2.21. The molecule has 0 aliphatic heterocycles. The van der Waals surface area contributed by atoms with E-state index in [-0.39, 0.29) is 5.82 Å². The van der Waals surface area contributed by atoms with Crippen molar-refractivity contribution in [1.82, 2.24) is 9.97 Å². The van der Waals surface area contributed by atoms with Crippen molar-refractivity contribution in [1.29, 1.82) is 0 Å². The SMILES string of the molecule is Cc1nccnc1C(N)c1oc2cc(F)ccc2c1C. The second-order valence-electron chi connectivity index (χ2n) is 4.74. The molecule has 0 aliphatic carbocycles. The van der Waals surface area contributed by atoms with Crippen molar-refractivity contribution in [2.24, 2.45) is 5.73 Å². The molecule has 0 bridgehead atoms. The van der Waals surface area contributed by atoms with Crippen LogP contribution in [0.5, 0.6) is 0 Å². The van der Waals surface area contributed by atoms with Crippen LogP contribution in [0.4, 0.5) is 4.39 Å². The molecule has 3 aromatic rings. The summed E-state index contributed by atoms with van der Waals surface area (Å²) in [7, 11) is 0. The van der Waals surface area contributed by atoms with Gasteiger partial charge in [0.05, 0.1) is 11.4 Å². The largest absolute Gasteiger partial charge is 0.459 e. The number of fused-ring (bicyclic) bond motifs is 1. The Balaban J connectivity index is 2.15. The van der Waals surface area contributed by atoms with Crippen LogP contribution < -0.4 is 5.73 Å². The van der Waals surface area contributed by atoms with E-state index in [0.717, 1.165) is 16.6 Å². The number of halogens is 1. The first kappa shape index (κ1) is 12.7. The smallest absolute Gasteiger partial charge is 0.137 e. The number of nitrogens with two attached hydrogens (primary N) is 1. The Labute approximate surface area is 115 Å². The third-order valence-electron chi connectivity index (χ3n) is 3.43. The highest BCUT2D eigenvalue weighted by Crippen LogP contribution is 2.31.